The fourth-order valence-electron chi connectivity index (χ4n) is 2.10. The summed E-state index contributed by atoms with van der Waals surface area (Å²) in [5, 5.41) is 15.0. The van der Waals surface area contributed by atoms with E-state index in [-0.39, 0.29) is 29.1 Å². The summed E-state index contributed by atoms with van der Waals surface area (Å²) in [6.07, 6.45) is 4.13. The van der Waals surface area contributed by atoms with Crippen molar-refractivity contribution in [2.24, 2.45) is 22.4 Å². The third kappa shape index (κ3) is 5.43. The molecule has 24 heavy (non-hydrogen) atoms. The summed E-state index contributed by atoms with van der Waals surface area (Å²) in [6, 6.07) is 1.47. The SMILES string of the molecule is C=C(/N=C\C(C(N)=O)=C(/C#N)NC1CCC1)N[C@@H](C(N)=O)C(C)C. The van der Waals surface area contributed by atoms with Gasteiger partial charge in [-0.3, -0.25) is 9.59 Å². The Morgan fingerprint density at radius 1 is 1.38 bits per heavy atom. The number of rotatable bonds is 9. The summed E-state index contributed by atoms with van der Waals surface area (Å²) >= 11 is 0. The largest absolute Gasteiger partial charge is 0.373 e. The van der Waals surface area contributed by atoms with Gasteiger partial charge in [-0.25, -0.2) is 4.99 Å². The topological polar surface area (TPSA) is 146 Å². The van der Waals surface area contributed by atoms with E-state index in [4.69, 9.17) is 11.5 Å². The van der Waals surface area contributed by atoms with E-state index >= 15 is 0 Å². The van der Waals surface area contributed by atoms with Crippen LogP contribution in [0.15, 0.2) is 28.7 Å². The van der Waals surface area contributed by atoms with Crippen molar-refractivity contribution in [1.82, 2.24) is 10.6 Å². The molecule has 0 radical (unpaired) electrons. The summed E-state index contributed by atoms with van der Waals surface area (Å²) < 4.78 is 0. The van der Waals surface area contributed by atoms with E-state index < -0.39 is 17.9 Å². The molecule has 0 unspecified atom stereocenters. The Balaban J connectivity index is 2.88. The molecule has 0 saturated heterocycles. The molecule has 0 aromatic carbocycles. The number of nitrogens with two attached hydrogens (primary N) is 2. The average molecular weight is 332 g/mol. The summed E-state index contributed by atoms with van der Waals surface area (Å²) in [5.74, 6) is -1.22. The Bertz CT molecular complexity index is 611. The van der Waals surface area contributed by atoms with Crippen LogP contribution in [0.1, 0.15) is 33.1 Å². The van der Waals surface area contributed by atoms with E-state index in [2.05, 4.69) is 22.2 Å². The van der Waals surface area contributed by atoms with Gasteiger partial charge in [0.05, 0.1) is 5.57 Å². The molecule has 0 aromatic rings. The van der Waals surface area contributed by atoms with Gasteiger partial charge in [-0.15, -0.1) is 0 Å². The number of hydrogen-bond donors (Lipinski definition) is 4. The number of nitriles is 1. The lowest BCUT2D eigenvalue weighted by atomic mass is 9.92. The molecule has 8 heteroatoms. The molecule has 0 aromatic heterocycles. The van der Waals surface area contributed by atoms with Crippen LogP contribution in [0.25, 0.3) is 0 Å². The van der Waals surface area contributed by atoms with Crippen molar-refractivity contribution < 1.29 is 9.59 Å². The summed E-state index contributed by atoms with van der Waals surface area (Å²) in [6.45, 7) is 7.32. The van der Waals surface area contributed by atoms with Crippen LogP contribution in [0, 0.1) is 17.2 Å². The predicted molar refractivity (Wildman–Crippen MR) is 91.2 cm³/mol. The van der Waals surface area contributed by atoms with Crippen molar-refractivity contribution in [3.05, 3.63) is 23.7 Å². The van der Waals surface area contributed by atoms with Gasteiger partial charge in [-0.2, -0.15) is 5.26 Å². The quantitative estimate of drug-likeness (QED) is 0.267. The Hall–Kier alpha value is -2.82. The third-order valence-electron chi connectivity index (χ3n) is 3.75. The molecule has 1 saturated carbocycles. The van der Waals surface area contributed by atoms with Crippen LogP contribution >= 0.6 is 0 Å². The zero-order valence-electron chi connectivity index (χ0n) is 14.0. The minimum atomic E-state index is -0.773. The second-order valence-electron chi connectivity index (χ2n) is 6.01. The lowest BCUT2D eigenvalue weighted by Crippen LogP contribution is -2.44. The molecule has 1 aliphatic rings. The Morgan fingerprint density at radius 3 is 2.38 bits per heavy atom. The monoisotopic (exact) mass is 332 g/mol. The molecule has 1 rings (SSSR count). The number of carbonyl (C=O) groups excluding carboxylic acids is 2. The van der Waals surface area contributed by atoms with Gasteiger partial charge in [-0.1, -0.05) is 20.4 Å². The first-order chi connectivity index (χ1) is 11.3. The second-order valence-corrected chi connectivity index (χ2v) is 6.01. The molecule has 8 nitrogen and oxygen atoms in total. The molecule has 130 valence electrons. The van der Waals surface area contributed by atoms with Crippen LogP contribution in [-0.2, 0) is 9.59 Å². The van der Waals surface area contributed by atoms with Gasteiger partial charge in [0.15, 0.2) is 0 Å². The molecule has 0 heterocycles. The molecular formula is C16H24N6O2. The maximum Gasteiger partial charge on any atom is 0.253 e. The normalized spacial score (nSPS) is 16.8. The van der Waals surface area contributed by atoms with Crippen molar-refractivity contribution in [1.29, 1.82) is 5.26 Å². The number of nitrogens with zero attached hydrogens (tertiary/aromatic N) is 2. The van der Waals surface area contributed by atoms with Crippen LogP contribution < -0.4 is 22.1 Å². The molecule has 0 bridgehead atoms. The lowest BCUT2D eigenvalue weighted by molar-refractivity contribution is -0.120. The highest BCUT2D eigenvalue weighted by molar-refractivity contribution is 6.12. The fourth-order valence-corrected chi connectivity index (χ4v) is 2.10. The zero-order valence-corrected chi connectivity index (χ0v) is 14.0. The van der Waals surface area contributed by atoms with Gasteiger partial charge in [0.25, 0.3) is 5.91 Å². The Labute approximate surface area is 141 Å². The van der Waals surface area contributed by atoms with Crippen molar-refractivity contribution in [2.75, 3.05) is 0 Å². The van der Waals surface area contributed by atoms with Gasteiger partial charge in [0, 0.05) is 12.3 Å². The highest BCUT2D eigenvalue weighted by atomic mass is 16.1. The van der Waals surface area contributed by atoms with Crippen molar-refractivity contribution >= 4 is 18.0 Å². The van der Waals surface area contributed by atoms with Crippen LogP contribution in [-0.4, -0.2) is 30.1 Å². The van der Waals surface area contributed by atoms with E-state index in [9.17, 15) is 14.9 Å². The number of primary amides is 2. The van der Waals surface area contributed by atoms with Gasteiger partial charge in [-0.05, 0) is 25.2 Å². The minimum Gasteiger partial charge on any atom is -0.373 e. The highest BCUT2D eigenvalue weighted by Crippen LogP contribution is 2.19. The number of nitrogens with one attached hydrogen (secondary N) is 2. The van der Waals surface area contributed by atoms with E-state index in [1.165, 1.54) is 6.21 Å². The Kier molecular flexibility index (Phi) is 6.98. The summed E-state index contributed by atoms with van der Waals surface area (Å²) in [5.41, 5.74) is 10.7. The van der Waals surface area contributed by atoms with Crippen molar-refractivity contribution in [3.8, 4) is 6.07 Å². The molecule has 1 aliphatic carbocycles. The summed E-state index contributed by atoms with van der Waals surface area (Å²) in [7, 11) is 0. The van der Waals surface area contributed by atoms with Crippen LogP contribution in [0.3, 0.4) is 0 Å². The average Bonchev–Trinajstić information content (AvgIpc) is 2.45. The van der Waals surface area contributed by atoms with Gasteiger partial charge >= 0.3 is 0 Å². The molecule has 0 spiro atoms. The Morgan fingerprint density at radius 2 is 2.00 bits per heavy atom. The molecule has 1 fully saturated rings. The first kappa shape index (κ1) is 19.2. The second kappa shape index (κ2) is 8.72. The fraction of sp³-hybridized carbons (Fsp3) is 0.500. The molecule has 2 amide bonds. The van der Waals surface area contributed by atoms with Crippen molar-refractivity contribution in [2.45, 2.75) is 45.2 Å². The number of amides is 2. The van der Waals surface area contributed by atoms with E-state index in [0.717, 1.165) is 19.3 Å². The molecular weight excluding hydrogens is 308 g/mol. The number of allylic oxidation sites excluding steroid dienone is 1. The van der Waals surface area contributed by atoms with E-state index in [0.29, 0.717) is 0 Å². The van der Waals surface area contributed by atoms with Crippen molar-refractivity contribution in [3.63, 3.8) is 0 Å². The molecule has 1 atom stereocenters. The number of aliphatic imine (C=N–C) groups is 1. The first-order valence-electron chi connectivity index (χ1n) is 7.75. The van der Waals surface area contributed by atoms with Gasteiger partial charge in [0.2, 0.25) is 5.91 Å². The summed E-state index contributed by atoms with van der Waals surface area (Å²) in [4.78, 5) is 26.9. The van der Waals surface area contributed by atoms with Crippen LogP contribution in [0.5, 0.6) is 0 Å². The van der Waals surface area contributed by atoms with E-state index in [1.54, 1.807) is 0 Å². The predicted octanol–water partition coefficient (Wildman–Crippen LogP) is 0.0330. The number of carbonyl (C=O) groups is 2. The number of hydrogen-bond acceptors (Lipinski definition) is 6. The maximum absolute atomic E-state index is 11.6. The molecule has 6 N–H and O–H groups in total. The van der Waals surface area contributed by atoms with Gasteiger partial charge in [0.1, 0.15) is 23.6 Å². The zero-order chi connectivity index (χ0) is 18.3. The van der Waals surface area contributed by atoms with Gasteiger partial charge < -0.3 is 22.1 Å². The first-order valence-corrected chi connectivity index (χ1v) is 7.75. The maximum atomic E-state index is 11.6. The standard InChI is InChI=1S/C16H24N6O2/c1-9(2)14(16(19)24)21-10(3)20-8-12(15(18)23)13(7-17)22-11-5-4-6-11/h8-9,11,14,21-22H,3-6H2,1-2H3,(H2,18,23)(H2,19,24)/b13-12-,20-8-/t14-/m1/s1. The highest BCUT2D eigenvalue weighted by Gasteiger charge is 2.21. The lowest BCUT2D eigenvalue weighted by Gasteiger charge is -2.27. The van der Waals surface area contributed by atoms with E-state index in [1.807, 2.05) is 19.9 Å². The third-order valence-corrected chi connectivity index (χ3v) is 3.75. The molecule has 0 aliphatic heterocycles. The van der Waals surface area contributed by atoms with Crippen LogP contribution in [0.4, 0.5) is 0 Å². The minimum absolute atomic E-state index is 0.0347. The smallest absolute Gasteiger partial charge is 0.253 e. The van der Waals surface area contributed by atoms with Crippen LogP contribution in [0.2, 0.25) is 0 Å².